The van der Waals surface area contributed by atoms with Crippen LogP contribution in [0, 0.1) is 0 Å². The Balaban J connectivity index is 1.79. The molecule has 0 aliphatic carbocycles. The number of thioether (sulfide) groups is 1. The van der Waals surface area contributed by atoms with Gasteiger partial charge in [0, 0.05) is 18.1 Å². The van der Waals surface area contributed by atoms with Crippen LogP contribution in [-0.2, 0) is 18.9 Å². The van der Waals surface area contributed by atoms with E-state index in [0.29, 0.717) is 5.25 Å². The molecule has 5 atom stereocenters. The van der Waals surface area contributed by atoms with Crippen molar-refractivity contribution in [3.63, 3.8) is 0 Å². The van der Waals surface area contributed by atoms with Crippen molar-refractivity contribution in [2.45, 2.75) is 49.5 Å². The zero-order chi connectivity index (χ0) is 10.6. The lowest BCUT2D eigenvalue weighted by Gasteiger charge is -2.23. The van der Waals surface area contributed by atoms with Crippen LogP contribution < -0.4 is 0 Å². The van der Waals surface area contributed by atoms with E-state index in [1.807, 2.05) is 25.6 Å². The fourth-order valence-electron chi connectivity index (χ4n) is 2.33. The molecule has 0 unspecified atom stereocenters. The first-order valence-electron chi connectivity index (χ1n) is 5.26. The molecule has 0 N–H and O–H groups in total. The van der Waals surface area contributed by atoms with E-state index in [9.17, 15) is 0 Å². The van der Waals surface area contributed by atoms with Gasteiger partial charge in [-0.15, -0.1) is 0 Å². The van der Waals surface area contributed by atoms with Crippen molar-refractivity contribution in [3.05, 3.63) is 0 Å². The lowest BCUT2D eigenvalue weighted by atomic mass is 10.1. The monoisotopic (exact) mass is 232 g/mol. The molecule has 3 rings (SSSR count). The van der Waals surface area contributed by atoms with Gasteiger partial charge in [0.1, 0.15) is 18.3 Å². The molecule has 3 heterocycles. The Morgan fingerprint density at radius 3 is 2.47 bits per heavy atom. The smallest absolute Gasteiger partial charge is 0.186 e. The minimum absolute atomic E-state index is 0.0324. The SMILES string of the molecule is CO[C@H]1O[C@@H]([C@@H]2CS2)[C@@H]2OC(C)(C)O[C@H]12. The van der Waals surface area contributed by atoms with Gasteiger partial charge in [-0.1, -0.05) is 0 Å². The normalized spacial score (nSPS) is 51.8. The second-order valence-electron chi connectivity index (χ2n) is 4.64. The highest BCUT2D eigenvalue weighted by Gasteiger charge is 2.59. The van der Waals surface area contributed by atoms with Gasteiger partial charge in [0.05, 0.1) is 0 Å². The zero-order valence-electron chi connectivity index (χ0n) is 9.14. The maximum absolute atomic E-state index is 5.88. The van der Waals surface area contributed by atoms with Crippen molar-refractivity contribution in [2.75, 3.05) is 12.9 Å². The number of methoxy groups -OCH3 is 1. The summed E-state index contributed by atoms with van der Waals surface area (Å²) in [5.41, 5.74) is 0. The molecular weight excluding hydrogens is 216 g/mol. The van der Waals surface area contributed by atoms with Gasteiger partial charge in [-0.05, 0) is 13.8 Å². The molecule has 0 bridgehead atoms. The third kappa shape index (κ3) is 1.70. The van der Waals surface area contributed by atoms with Crippen molar-refractivity contribution in [3.8, 4) is 0 Å². The van der Waals surface area contributed by atoms with Crippen LogP contribution in [0.5, 0.6) is 0 Å². The van der Waals surface area contributed by atoms with Gasteiger partial charge in [0.15, 0.2) is 12.1 Å². The van der Waals surface area contributed by atoms with Crippen molar-refractivity contribution in [2.24, 2.45) is 0 Å². The maximum atomic E-state index is 5.88. The minimum atomic E-state index is -0.506. The van der Waals surface area contributed by atoms with E-state index < -0.39 is 5.79 Å². The lowest BCUT2D eigenvalue weighted by molar-refractivity contribution is -0.225. The summed E-state index contributed by atoms with van der Waals surface area (Å²) in [6.07, 6.45) is -0.184. The van der Waals surface area contributed by atoms with Crippen LogP contribution in [0.3, 0.4) is 0 Å². The number of ether oxygens (including phenoxy) is 4. The Morgan fingerprint density at radius 1 is 1.20 bits per heavy atom. The average molecular weight is 232 g/mol. The Morgan fingerprint density at radius 2 is 1.87 bits per heavy atom. The minimum Gasteiger partial charge on any atom is -0.353 e. The molecule has 15 heavy (non-hydrogen) atoms. The summed E-state index contributed by atoms with van der Waals surface area (Å²) in [5.74, 6) is 0.655. The first-order chi connectivity index (χ1) is 7.11. The van der Waals surface area contributed by atoms with Gasteiger partial charge in [0.2, 0.25) is 0 Å². The number of hydrogen-bond donors (Lipinski definition) is 0. The second-order valence-corrected chi connectivity index (χ2v) is 5.91. The second kappa shape index (κ2) is 3.34. The van der Waals surface area contributed by atoms with Gasteiger partial charge in [-0.25, -0.2) is 0 Å². The van der Waals surface area contributed by atoms with E-state index in [0.717, 1.165) is 5.75 Å². The fraction of sp³-hybridized carbons (Fsp3) is 1.00. The van der Waals surface area contributed by atoms with E-state index in [2.05, 4.69) is 0 Å². The van der Waals surface area contributed by atoms with Crippen molar-refractivity contribution < 1.29 is 18.9 Å². The molecule has 3 fully saturated rings. The Labute approximate surface area is 93.6 Å². The van der Waals surface area contributed by atoms with Gasteiger partial charge in [0.25, 0.3) is 0 Å². The molecule has 5 heteroatoms. The quantitative estimate of drug-likeness (QED) is 0.664. The number of rotatable bonds is 2. The summed E-state index contributed by atoms with van der Waals surface area (Å²) >= 11 is 1.91. The predicted octanol–water partition coefficient (Wildman–Crippen LogP) is 0.993. The van der Waals surface area contributed by atoms with Gasteiger partial charge in [-0.2, -0.15) is 11.8 Å². The summed E-state index contributed by atoms with van der Waals surface area (Å²) in [5, 5.41) is 0.565. The largest absolute Gasteiger partial charge is 0.353 e. The van der Waals surface area contributed by atoms with Crippen molar-refractivity contribution in [1.82, 2.24) is 0 Å². The molecule has 0 aromatic rings. The molecule has 0 amide bonds. The van der Waals surface area contributed by atoms with Crippen LogP contribution in [0.15, 0.2) is 0 Å². The topological polar surface area (TPSA) is 36.9 Å². The van der Waals surface area contributed by atoms with Crippen molar-refractivity contribution >= 4 is 11.8 Å². The summed E-state index contributed by atoms with van der Waals surface area (Å²) in [6, 6.07) is 0. The molecule has 0 saturated carbocycles. The van der Waals surface area contributed by atoms with Crippen molar-refractivity contribution in [1.29, 1.82) is 0 Å². The van der Waals surface area contributed by atoms with Gasteiger partial charge in [-0.3, -0.25) is 0 Å². The summed E-state index contributed by atoms with van der Waals surface area (Å²) < 4.78 is 22.8. The van der Waals surface area contributed by atoms with E-state index in [1.165, 1.54) is 0 Å². The molecule has 3 aliphatic heterocycles. The highest BCUT2D eigenvalue weighted by atomic mass is 32.2. The zero-order valence-corrected chi connectivity index (χ0v) is 9.95. The predicted molar refractivity (Wildman–Crippen MR) is 55.7 cm³/mol. The molecule has 3 aliphatic rings. The van der Waals surface area contributed by atoms with E-state index in [4.69, 9.17) is 18.9 Å². The molecule has 0 aromatic heterocycles. The standard InChI is InChI=1S/C10H16O4S/c1-10(2)13-7-6(5-4-15-5)12-9(11-3)8(7)14-10/h5-9H,4H2,1-3H3/t5-,6-,7-,8-,9-/m0/s1. The van der Waals surface area contributed by atoms with Gasteiger partial charge >= 0.3 is 0 Å². The molecule has 86 valence electrons. The van der Waals surface area contributed by atoms with Crippen LogP contribution in [0.4, 0.5) is 0 Å². The number of hydrogen-bond acceptors (Lipinski definition) is 5. The molecule has 3 saturated heterocycles. The first-order valence-corrected chi connectivity index (χ1v) is 6.31. The lowest BCUT2D eigenvalue weighted by Crippen LogP contribution is -2.32. The molecule has 0 aromatic carbocycles. The van der Waals surface area contributed by atoms with Crippen LogP contribution in [0.1, 0.15) is 13.8 Å². The molecule has 0 radical (unpaired) electrons. The van der Waals surface area contributed by atoms with Crippen LogP contribution >= 0.6 is 11.8 Å². The molecule has 0 spiro atoms. The first kappa shape index (κ1) is 10.4. The maximum Gasteiger partial charge on any atom is 0.186 e. The van der Waals surface area contributed by atoms with Crippen LogP contribution in [-0.4, -0.2) is 48.5 Å². The highest BCUT2D eigenvalue weighted by molar-refractivity contribution is 8.06. The van der Waals surface area contributed by atoms with E-state index >= 15 is 0 Å². The van der Waals surface area contributed by atoms with Gasteiger partial charge < -0.3 is 18.9 Å². The highest BCUT2D eigenvalue weighted by Crippen LogP contribution is 2.46. The van der Waals surface area contributed by atoms with Crippen LogP contribution in [0.25, 0.3) is 0 Å². The fourth-order valence-corrected chi connectivity index (χ4v) is 3.04. The molecular formula is C10H16O4S. The summed E-state index contributed by atoms with van der Waals surface area (Å²) in [6.45, 7) is 3.88. The Bertz CT molecular complexity index is 266. The Hall–Kier alpha value is 0.190. The molecule has 4 nitrogen and oxygen atoms in total. The number of fused-ring (bicyclic) bond motifs is 1. The van der Waals surface area contributed by atoms with E-state index in [1.54, 1.807) is 7.11 Å². The summed E-state index contributed by atoms with van der Waals surface area (Å²) in [7, 11) is 1.65. The third-order valence-electron chi connectivity index (χ3n) is 3.00. The van der Waals surface area contributed by atoms with Crippen LogP contribution in [0.2, 0.25) is 0 Å². The Kier molecular flexibility index (Phi) is 2.30. The summed E-state index contributed by atoms with van der Waals surface area (Å²) in [4.78, 5) is 0. The van der Waals surface area contributed by atoms with E-state index in [-0.39, 0.29) is 24.6 Å². The third-order valence-corrected chi connectivity index (χ3v) is 3.99. The average Bonchev–Trinajstić information content (AvgIpc) is 2.87.